The number of hydrogen-bond donors (Lipinski definition) is 3. The van der Waals surface area contributed by atoms with E-state index in [0.29, 0.717) is 18.2 Å². The van der Waals surface area contributed by atoms with Crippen LogP contribution in [-0.2, 0) is 16.1 Å². The predicted molar refractivity (Wildman–Crippen MR) is 122 cm³/mol. The Labute approximate surface area is 218 Å². The molecule has 1 aliphatic heterocycles. The first-order chi connectivity index (χ1) is 18.2. The minimum atomic E-state index is -5.08. The van der Waals surface area contributed by atoms with E-state index < -0.39 is 24.3 Å². The van der Waals surface area contributed by atoms with Crippen molar-refractivity contribution in [3.05, 3.63) is 48.0 Å². The molecule has 10 nitrogen and oxygen atoms in total. The maximum atomic E-state index is 12.2. The smallest absolute Gasteiger partial charge is 0.475 e. The third-order valence-corrected chi connectivity index (χ3v) is 5.92. The minimum absolute atomic E-state index is 0.0581. The van der Waals surface area contributed by atoms with Gasteiger partial charge >= 0.3 is 24.3 Å². The number of nitrogens with zero attached hydrogens (tertiary/aromatic N) is 4. The van der Waals surface area contributed by atoms with Crippen molar-refractivity contribution in [2.75, 3.05) is 13.1 Å². The number of aliphatic carboxylic acids is 2. The predicted octanol–water partition coefficient (Wildman–Crippen LogP) is 3.66. The summed E-state index contributed by atoms with van der Waals surface area (Å²) in [5.41, 5.74) is 1.90. The van der Waals surface area contributed by atoms with Crippen molar-refractivity contribution in [2.45, 2.75) is 63.1 Å². The van der Waals surface area contributed by atoms with Gasteiger partial charge < -0.3 is 15.5 Å². The van der Waals surface area contributed by atoms with E-state index in [1.807, 2.05) is 6.20 Å². The second-order valence-electron chi connectivity index (χ2n) is 8.68. The fraction of sp³-hybridized carbons (Fsp3) is 0.522. The highest BCUT2D eigenvalue weighted by Gasteiger charge is 2.39. The first-order valence-corrected chi connectivity index (χ1v) is 11.7. The second-order valence-corrected chi connectivity index (χ2v) is 8.68. The van der Waals surface area contributed by atoms with Crippen LogP contribution >= 0.6 is 0 Å². The molecule has 1 fully saturated rings. The highest BCUT2D eigenvalue weighted by molar-refractivity contribution is 5.93. The normalized spacial score (nSPS) is 17.6. The van der Waals surface area contributed by atoms with Crippen molar-refractivity contribution in [3.8, 4) is 0 Å². The number of carboxylic acids is 2. The third kappa shape index (κ3) is 10.2. The van der Waals surface area contributed by atoms with Crippen LogP contribution in [0.5, 0.6) is 0 Å². The largest absolute Gasteiger partial charge is 0.490 e. The molecule has 2 aromatic heterocycles. The van der Waals surface area contributed by atoms with Crippen molar-refractivity contribution >= 4 is 17.8 Å². The molecular formula is C23H27F6N5O5. The molecule has 0 spiro atoms. The maximum Gasteiger partial charge on any atom is 0.490 e. The van der Waals surface area contributed by atoms with Crippen LogP contribution in [0.25, 0.3) is 0 Å². The summed E-state index contributed by atoms with van der Waals surface area (Å²) in [7, 11) is 0. The molecule has 1 atom stereocenters. The topological polar surface area (TPSA) is 138 Å². The fourth-order valence-electron chi connectivity index (χ4n) is 4.13. The Kier molecular flexibility index (Phi) is 11.2. The number of nitrogens with one attached hydrogen (secondary N) is 1. The molecule has 3 heterocycles. The summed E-state index contributed by atoms with van der Waals surface area (Å²) in [6.45, 7) is 2.68. The van der Waals surface area contributed by atoms with Gasteiger partial charge in [0.1, 0.15) is 0 Å². The van der Waals surface area contributed by atoms with E-state index in [9.17, 15) is 31.1 Å². The molecule has 1 amide bonds. The van der Waals surface area contributed by atoms with Gasteiger partial charge in [-0.1, -0.05) is 12.8 Å². The first-order valence-electron chi connectivity index (χ1n) is 11.7. The molecule has 0 aromatic carbocycles. The number of hydrogen-bond acceptors (Lipinski definition) is 6. The van der Waals surface area contributed by atoms with Crippen molar-refractivity contribution in [1.82, 2.24) is 25.0 Å². The highest BCUT2D eigenvalue weighted by atomic mass is 19.4. The van der Waals surface area contributed by atoms with Crippen molar-refractivity contribution < 1.29 is 50.9 Å². The number of carboxylic acid groups (broad SMARTS) is 2. The quantitative estimate of drug-likeness (QED) is 0.466. The first kappa shape index (κ1) is 31.5. The monoisotopic (exact) mass is 567 g/mol. The Morgan fingerprint density at radius 2 is 1.56 bits per heavy atom. The Balaban J connectivity index is 0.000000317. The number of pyridine rings is 1. The van der Waals surface area contributed by atoms with Crippen LogP contribution in [0.15, 0.2) is 36.8 Å². The number of halogens is 6. The van der Waals surface area contributed by atoms with Gasteiger partial charge in [-0.25, -0.2) is 9.59 Å². The summed E-state index contributed by atoms with van der Waals surface area (Å²) in [6, 6.07) is 6.74. The van der Waals surface area contributed by atoms with Gasteiger partial charge in [0, 0.05) is 44.3 Å². The number of alkyl halides is 6. The fourth-order valence-corrected chi connectivity index (χ4v) is 4.13. The SMILES string of the molecule is O=C(NCCC1CN(C2CCCC2)Cc2ccnn21)c1cccnc1.O=C(O)C(F)(F)F.O=C(O)C(F)(F)F. The molecule has 2 aliphatic rings. The van der Waals surface area contributed by atoms with E-state index in [1.54, 1.807) is 24.5 Å². The summed E-state index contributed by atoms with van der Waals surface area (Å²) in [5, 5.41) is 21.8. The molecule has 0 saturated heterocycles. The number of amides is 1. The van der Waals surface area contributed by atoms with Gasteiger partial charge in [-0.05, 0) is 37.5 Å². The lowest BCUT2D eigenvalue weighted by atomic mass is 10.1. The van der Waals surface area contributed by atoms with Crippen molar-refractivity contribution in [3.63, 3.8) is 0 Å². The van der Waals surface area contributed by atoms with Crippen LogP contribution < -0.4 is 5.32 Å². The molecule has 0 radical (unpaired) electrons. The van der Waals surface area contributed by atoms with Crippen LogP contribution in [-0.4, -0.2) is 79.2 Å². The molecule has 1 saturated carbocycles. The summed E-state index contributed by atoms with van der Waals surface area (Å²) in [4.78, 5) is 36.6. The zero-order valence-electron chi connectivity index (χ0n) is 20.5. The minimum Gasteiger partial charge on any atom is -0.475 e. The summed E-state index contributed by atoms with van der Waals surface area (Å²) < 4.78 is 65.6. The number of carbonyl (C=O) groups excluding carboxylic acids is 1. The number of aromatic nitrogens is 3. The van der Waals surface area contributed by atoms with E-state index in [4.69, 9.17) is 19.8 Å². The number of rotatable bonds is 5. The Hall–Kier alpha value is -3.69. The van der Waals surface area contributed by atoms with Gasteiger partial charge in [0.05, 0.1) is 17.3 Å². The Morgan fingerprint density at radius 1 is 0.974 bits per heavy atom. The summed E-state index contributed by atoms with van der Waals surface area (Å²) in [6.07, 6.45) is 1.24. The van der Waals surface area contributed by atoms with Gasteiger partial charge in [0.25, 0.3) is 5.91 Å². The standard InChI is InChI=1S/C19H25N5O.2C2HF3O2/c25-19(15-4-3-9-20-12-15)21-10-7-17-13-23(16-5-1-2-6-16)14-18-8-11-22-24(17)18;2*3-2(4,5)1(6)7/h3-4,8-9,11-12,16-17H,1-2,5-7,10,13-14H2,(H,21,25);2*(H,6,7). The highest BCUT2D eigenvalue weighted by Crippen LogP contribution is 2.30. The van der Waals surface area contributed by atoms with E-state index in [2.05, 4.69) is 31.0 Å². The van der Waals surface area contributed by atoms with Crippen molar-refractivity contribution in [1.29, 1.82) is 0 Å². The van der Waals surface area contributed by atoms with Gasteiger partial charge in [-0.3, -0.25) is 19.4 Å². The average molecular weight is 567 g/mol. The molecule has 216 valence electrons. The summed E-state index contributed by atoms with van der Waals surface area (Å²) in [5.74, 6) is -5.57. The van der Waals surface area contributed by atoms with Crippen molar-refractivity contribution in [2.24, 2.45) is 0 Å². The lowest BCUT2D eigenvalue weighted by Gasteiger charge is -2.37. The average Bonchev–Trinajstić information content (AvgIpc) is 3.56. The molecular weight excluding hydrogens is 540 g/mol. The Bertz CT molecular complexity index is 1060. The zero-order chi connectivity index (χ0) is 29.2. The van der Waals surface area contributed by atoms with E-state index in [0.717, 1.165) is 25.6 Å². The molecule has 0 bridgehead atoms. The molecule has 2 aromatic rings. The Morgan fingerprint density at radius 3 is 2.08 bits per heavy atom. The molecule has 39 heavy (non-hydrogen) atoms. The third-order valence-electron chi connectivity index (χ3n) is 5.92. The zero-order valence-corrected chi connectivity index (χ0v) is 20.5. The van der Waals surface area contributed by atoms with Crippen LogP contribution in [0.4, 0.5) is 26.3 Å². The molecule has 1 aliphatic carbocycles. The van der Waals surface area contributed by atoms with Crippen LogP contribution in [0.3, 0.4) is 0 Å². The van der Waals surface area contributed by atoms with Crippen LogP contribution in [0.2, 0.25) is 0 Å². The molecule has 16 heteroatoms. The maximum absolute atomic E-state index is 12.2. The second kappa shape index (κ2) is 13.9. The van der Waals surface area contributed by atoms with Gasteiger partial charge in [-0.2, -0.15) is 31.4 Å². The van der Waals surface area contributed by atoms with Crippen LogP contribution in [0, 0.1) is 0 Å². The lowest BCUT2D eigenvalue weighted by Crippen LogP contribution is -2.43. The van der Waals surface area contributed by atoms with E-state index >= 15 is 0 Å². The molecule has 4 rings (SSSR count). The van der Waals surface area contributed by atoms with E-state index in [1.165, 1.54) is 31.4 Å². The van der Waals surface area contributed by atoms with Gasteiger partial charge in [0.15, 0.2) is 0 Å². The number of carbonyl (C=O) groups is 3. The van der Waals surface area contributed by atoms with E-state index in [-0.39, 0.29) is 5.91 Å². The van der Waals surface area contributed by atoms with Gasteiger partial charge in [0.2, 0.25) is 0 Å². The molecule has 3 N–H and O–H groups in total. The molecule has 1 unspecified atom stereocenters. The van der Waals surface area contributed by atoms with Gasteiger partial charge in [-0.15, -0.1) is 0 Å². The number of fused-ring (bicyclic) bond motifs is 1. The van der Waals surface area contributed by atoms with Crippen LogP contribution in [0.1, 0.15) is 54.2 Å². The lowest BCUT2D eigenvalue weighted by molar-refractivity contribution is -0.193. The summed E-state index contributed by atoms with van der Waals surface area (Å²) >= 11 is 0.